The molecule has 0 aliphatic heterocycles. The van der Waals surface area contributed by atoms with Crippen molar-refractivity contribution in [2.45, 2.75) is 0 Å². The number of hydrogen-bond acceptors (Lipinski definition) is 8. The maximum Gasteiger partial charge on any atom is 0.647 e. The minimum absolute atomic E-state index is 0.0109. The van der Waals surface area contributed by atoms with Crippen molar-refractivity contribution in [2.75, 3.05) is 0 Å². The van der Waals surface area contributed by atoms with Gasteiger partial charge in [-0.3, -0.25) is 20.2 Å². The molecular formula is C18H13N2O8P. The lowest BCUT2D eigenvalue weighted by molar-refractivity contribution is -0.385. The fourth-order valence-electron chi connectivity index (χ4n) is 2.18. The van der Waals surface area contributed by atoms with E-state index in [-0.39, 0.29) is 28.6 Å². The van der Waals surface area contributed by atoms with E-state index in [2.05, 4.69) is 0 Å². The molecule has 0 aromatic heterocycles. The number of nitrogens with zero attached hydrogens (tertiary/aromatic N) is 2. The van der Waals surface area contributed by atoms with Gasteiger partial charge in [0.1, 0.15) is 17.2 Å². The van der Waals surface area contributed by atoms with Gasteiger partial charge in [0.05, 0.1) is 9.85 Å². The van der Waals surface area contributed by atoms with Crippen molar-refractivity contribution in [1.82, 2.24) is 0 Å². The molecule has 148 valence electrons. The van der Waals surface area contributed by atoms with Crippen LogP contribution in [0.2, 0.25) is 0 Å². The topological polar surface area (TPSA) is 131 Å². The van der Waals surface area contributed by atoms with Crippen LogP contribution in [0.25, 0.3) is 0 Å². The Morgan fingerprint density at radius 1 is 0.586 bits per heavy atom. The Balaban J connectivity index is 1.87. The predicted molar refractivity (Wildman–Crippen MR) is 102 cm³/mol. The summed E-state index contributed by atoms with van der Waals surface area (Å²) in [5.74, 6) is 0.216. The summed E-state index contributed by atoms with van der Waals surface area (Å²) in [6, 6.07) is 17.8. The monoisotopic (exact) mass is 416 g/mol. The van der Waals surface area contributed by atoms with E-state index in [0.29, 0.717) is 0 Å². The molecular weight excluding hydrogens is 403 g/mol. The summed E-state index contributed by atoms with van der Waals surface area (Å²) in [6.45, 7) is 0. The summed E-state index contributed by atoms with van der Waals surface area (Å²) >= 11 is 0. The van der Waals surface area contributed by atoms with Gasteiger partial charge in [0.25, 0.3) is 11.4 Å². The van der Waals surface area contributed by atoms with Crippen molar-refractivity contribution in [1.29, 1.82) is 0 Å². The van der Waals surface area contributed by atoms with Crippen LogP contribution in [0.15, 0.2) is 78.9 Å². The summed E-state index contributed by atoms with van der Waals surface area (Å²) in [7, 11) is -4.30. The molecule has 0 bridgehead atoms. The van der Waals surface area contributed by atoms with Crippen LogP contribution in [0, 0.1) is 20.2 Å². The summed E-state index contributed by atoms with van der Waals surface area (Å²) in [5.41, 5.74) is -0.347. The molecule has 3 aromatic rings. The number of phosphoric acid groups is 1. The molecule has 0 unspecified atom stereocenters. The van der Waals surface area contributed by atoms with E-state index >= 15 is 0 Å². The van der Waals surface area contributed by atoms with Gasteiger partial charge in [-0.2, -0.15) is 4.57 Å². The fourth-order valence-corrected chi connectivity index (χ4v) is 3.43. The third kappa shape index (κ3) is 5.30. The van der Waals surface area contributed by atoms with E-state index in [0.717, 1.165) is 0 Å². The summed E-state index contributed by atoms with van der Waals surface area (Å²) in [5, 5.41) is 21.5. The first-order valence-corrected chi connectivity index (χ1v) is 9.53. The number of phosphoric ester groups is 1. The molecule has 0 spiro atoms. The van der Waals surface area contributed by atoms with Crippen LogP contribution >= 0.6 is 7.82 Å². The molecule has 0 saturated heterocycles. The molecule has 0 heterocycles. The largest absolute Gasteiger partial charge is 0.647 e. The van der Waals surface area contributed by atoms with Crippen molar-refractivity contribution >= 4 is 19.2 Å². The third-order valence-corrected chi connectivity index (χ3v) is 4.79. The van der Waals surface area contributed by atoms with Crippen LogP contribution in [0.4, 0.5) is 11.4 Å². The van der Waals surface area contributed by atoms with Gasteiger partial charge >= 0.3 is 7.82 Å². The van der Waals surface area contributed by atoms with E-state index in [4.69, 9.17) is 13.6 Å². The molecule has 29 heavy (non-hydrogen) atoms. The maximum atomic E-state index is 13.2. The highest BCUT2D eigenvalue weighted by molar-refractivity contribution is 7.49. The lowest BCUT2D eigenvalue weighted by atomic mass is 10.3. The number of nitro groups is 2. The Kier molecular flexibility index (Phi) is 5.75. The number of rotatable bonds is 8. The zero-order chi connectivity index (χ0) is 20.9. The van der Waals surface area contributed by atoms with Crippen LogP contribution in [-0.2, 0) is 4.57 Å². The second-order valence-electron chi connectivity index (χ2n) is 5.54. The highest BCUT2D eigenvalue weighted by Crippen LogP contribution is 2.50. The SMILES string of the molecule is O=[N+]([O-])c1ccc(OP(=O)(Oc2ccccc2)Oc2ccc([N+](=O)[O-])cc2)cc1. The Hall–Kier alpha value is -3.91. The second-order valence-corrected chi connectivity index (χ2v) is 6.98. The standard InChI is InChI=1S/C18H13N2O8P/c21-19(22)14-6-10-17(11-7-14)27-29(25,26-16-4-2-1-3-5-16)28-18-12-8-15(9-13-18)20(23)24/h1-13H. The van der Waals surface area contributed by atoms with Crippen molar-refractivity contribution in [2.24, 2.45) is 0 Å². The molecule has 10 nitrogen and oxygen atoms in total. The Labute approximate surface area is 164 Å². The van der Waals surface area contributed by atoms with Gasteiger partial charge in [0, 0.05) is 24.3 Å². The molecule has 0 atom stereocenters. The molecule has 0 fully saturated rings. The van der Waals surface area contributed by atoms with Gasteiger partial charge < -0.3 is 13.6 Å². The highest BCUT2D eigenvalue weighted by Gasteiger charge is 2.33. The lowest BCUT2D eigenvalue weighted by Gasteiger charge is -2.19. The van der Waals surface area contributed by atoms with Crippen LogP contribution in [0.5, 0.6) is 17.2 Å². The van der Waals surface area contributed by atoms with Crippen molar-refractivity contribution in [3.63, 3.8) is 0 Å². The van der Waals surface area contributed by atoms with Crippen molar-refractivity contribution < 1.29 is 28.0 Å². The number of nitro benzene ring substituents is 2. The first-order chi connectivity index (χ1) is 13.8. The molecule has 0 saturated carbocycles. The molecule has 11 heteroatoms. The molecule has 0 N–H and O–H groups in total. The second kappa shape index (κ2) is 8.41. The first kappa shape index (κ1) is 19.8. The van der Waals surface area contributed by atoms with Gasteiger partial charge in [0.2, 0.25) is 0 Å². The molecule has 3 rings (SSSR count). The average molecular weight is 416 g/mol. The van der Waals surface area contributed by atoms with Gasteiger partial charge in [-0.05, 0) is 36.4 Å². The van der Waals surface area contributed by atoms with E-state index in [1.807, 2.05) is 0 Å². The number of para-hydroxylation sites is 1. The first-order valence-electron chi connectivity index (χ1n) is 8.07. The Morgan fingerprint density at radius 2 is 0.931 bits per heavy atom. The van der Waals surface area contributed by atoms with Crippen LogP contribution in [-0.4, -0.2) is 9.85 Å². The highest BCUT2D eigenvalue weighted by atomic mass is 31.2. The molecule has 0 aliphatic carbocycles. The van der Waals surface area contributed by atoms with Crippen molar-refractivity contribution in [3.8, 4) is 17.2 Å². The molecule has 3 aromatic carbocycles. The Bertz CT molecular complexity index is 992. The average Bonchev–Trinajstić information content (AvgIpc) is 2.69. The zero-order valence-corrected chi connectivity index (χ0v) is 15.5. The van der Waals surface area contributed by atoms with Gasteiger partial charge in [0.15, 0.2) is 0 Å². The van der Waals surface area contributed by atoms with E-state index in [1.54, 1.807) is 18.2 Å². The third-order valence-electron chi connectivity index (χ3n) is 3.49. The predicted octanol–water partition coefficient (Wildman–Crippen LogP) is 5.15. The van der Waals surface area contributed by atoms with E-state index < -0.39 is 17.7 Å². The number of hydrogen-bond donors (Lipinski definition) is 0. The van der Waals surface area contributed by atoms with Crippen LogP contribution in [0.3, 0.4) is 0 Å². The summed E-state index contributed by atoms with van der Waals surface area (Å²) in [6.07, 6.45) is 0. The fraction of sp³-hybridized carbons (Fsp3) is 0. The summed E-state index contributed by atoms with van der Waals surface area (Å²) in [4.78, 5) is 20.4. The molecule has 0 amide bonds. The van der Waals surface area contributed by atoms with Crippen molar-refractivity contribution in [3.05, 3.63) is 99.1 Å². The quantitative estimate of drug-likeness (QED) is 0.280. The van der Waals surface area contributed by atoms with E-state index in [1.165, 1.54) is 60.7 Å². The number of benzene rings is 3. The smallest absolute Gasteiger partial charge is 0.386 e. The molecule has 0 aliphatic rings. The van der Waals surface area contributed by atoms with Crippen LogP contribution in [0.1, 0.15) is 0 Å². The van der Waals surface area contributed by atoms with Gasteiger partial charge in [-0.15, -0.1) is 0 Å². The Morgan fingerprint density at radius 3 is 1.28 bits per heavy atom. The van der Waals surface area contributed by atoms with Gasteiger partial charge in [-0.1, -0.05) is 18.2 Å². The van der Waals surface area contributed by atoms with Crippen LogP contribution < -0.4 is 13.6 Å². The number of non-ortho nitro benzene ring substituents is 2. The molecule has 0 radical (unpaired) electrons. The van der Waals surface area contributed by atoms with Gasteiger partial charge in [-0.25, -0.2) is 0 Å². The lowest BCUT2D eigenvalue weighted by Crippen LogP contribution is -2.07. The minimum atomic E-state index is -4.30. The van der Waals surface area contributed by atoms with E-state index in [9.17, 15) is 24.8 Å². The zero-order valence-electron chi connectivity index (χ0n) is 14.6. The normalized spacial score (nSPS) is 10.8. The maximum absolute atomic E-state index is 13.2. The minimum Gasteiger partial charge on any atom is -0.386 e. The summed E-state index contributed by atoms with van der Waals surface area (Å²) < 4.78 is 29.4.